The van der Waals surface area contributed by atoms with Crippen molar-refractivity contribution in [2.75, 3.05) is 17.4 Å². The minimum atomic E-state index is -3.98. The van der Waals surface area contributed by atoms with Crippen LogP contribution in [0.15, 0.2) is 47.4 Å². The van der Waals surface area contributed by atoms with Crippen molar-refractivity contribution >= 4 is 44.4 Å². The van der Waals surface area contributed by atoms with Gasteiger partial charge in [0.25, 0.3) is 15.9 Å². The van der Waals surface area contributed by atoms with E-state index in [2.05, 4.69) is 14.1 Å². The van der Waals surface area contributed by atoms with Crippen LogP contribution in [0.1, 0.15) is 13.3 Å². The summed E-state index contributed by atoms with van der Waals surface area (Å²) in [6, 6.07) is 11.6. The molecule has 4 rings (SSSR count). The van der Waals surface area contributed by atoms with E-state index in [1.54, 1.807) is 36.4 Å². The van der Waals surface area contributed by atoms with Crippen LogP contribution >= 0.6 is 11.7 Å². The van der Waals surface area contributed by atoms with Crippen LogP contribution in [0.5, 0.6) is 5.75 Å². The van der Waals surface area contributed by atoms with Gasteiger partial charge in [-0.2, -0.15) is 8.75 Å². The summed E-state index contributed by atoms with van der Waals surface area (Å²) in [6.07, 6.45) is -0.167. The van der Waals surface area contributed by atoms with Crippen molar-refractivity contribution in [3.05, 3.63) is 42.5 Å². The number of benzene rings is 2. The minimum Gasteiger partial charge on any atom is -0.476 e. The van der Waals surface area contributed by atoms with Crippen LogP contribution in [0.2, 0.25) is 0 Å². The molecule has 0 saturated heterocycles. The van der Waals surface area contributed by atoms with Crippen LogP contribution in [0.25, 0.3) is 11.0 Å². The summed E-state index contributed by atoms with van der Waals surface area (Å²) in [5.74, 6) is 0.00244. The van der Waals surface area contributed by atoms with Crippen LogP contribution in [0.3, 0.4) is 0 Å². The summed E-state index contributed by atoms with van der Waals surface area (Å²) in [4.78, 5) is 12.5. The molecular formula is C18H18N4O4S2. The molecule has 0 bridgehead atoms. The average Bonchev–Trinajstić information content (AvgIpc) is 3.19. The lowest BCUT2D eigenvalue weighted by molar-refractivity contribution is -0.127. The number of ether oxygens (including phenoxy) is 1. The smallest absolute Gasteiger partial charge is 0.266 e. The van der Waals surface area contributed by atoms with Crippen LogP contribution in [0.4, 0.5) is 5.69 Å². The first-order valence-electron chi connectivity index (χ1n) is 8.80. The molecule has 8 nitrogen and oxygen atoms in total. The number of nitrogens with one attached hydrogen (secondary N) is 1. The molecule has 0 saturated carbocycles. The molecule has 1 amide bonds. The second-order valence-corrected chi connectivity index (χ2v) is 8.65. The van der Waals surface area contributed by atoms with E-state index in [0.717, 1.165) is 18.1 Å². The Labute approximate surface area is 166 Å². The van der Waals surface area contributed by atoms with E-state index in [-0.39, 0.29) is 17.3 Å². The highest BCUT2D eigenvalue weighted by atomic mass is 32.2. The SMILES string of the molecule is CCCNC(=O)[C@@H]1CN(S(=O)(=O)c2cccc3nsnc23)c2ccccc2O1. The lowest BCUT2D eigenvalue weighted by Gasteiger charge is -2.34. The maximum atomic E-state index is 13.5. The fourth-order valence-electron chi connectivity index (χ4n) is 3.04. The Hall–Kier alpha value is -2.72. The quantitative estimate of drug-likeness (QED) is 0.681. The molecule has 1 aliphatic rings. The van der Waals surface area contributed by atoms with Gasteiger partial charge in [0.05, 0.1) is 24.0 Å². The minimum absolute atomic E-state index is 0.0585. The highest BCUT2D eigenvalue weighted by Gasteiger charge is 2.38. The Morgan fingerprint density at radius 1 is 1.25 bits per heavy atom. The Kier molecular flexibility index (Phi) is 4.90. The molecule has 1 atom stereocenters. The van der Waals surface area contributed by atoms with Crippen molar-refractivity contribution in [1.82, 2.24) is 14.1 Å². The molecule has 2 aromatic carbocycles. The third-order valence-corrected chi connectivity index (χ3v) is 6.75. The van der Waals surface area contributed by atoms with Gasteiger partial charge in [0.1, 0.15) is 21.7 Å². The summed E-state index contributed by atoms with van der Waals surface area (Å²) in [5, 5.41) is 2.76. The van der Waals surface area contributed by atoms with Gasteiger partial charge in [-0.05, 0) is 30.7 Å². The fraction of sp³-hybridized carbons (Fsp3) is 0.278. The van der Waals surface area contributed by atoms with E-state index in [4.69, 9.17) is 4.74 Å². The van der Waals surface area contributed by atoms with Gasteiger partial charge >= 0.3 is 0 Å². The average molecular weight is 419 g/mol. The molecule has 0 spiro atoms. The van der Waals surface area contributed by atoms with E-state index >= 15 is 0 Å². The van der Waals surface area contributed by atoms with Gasteiger partial charge < -0.3 is 10.1 Å². The van der Waals surface area contributed by atoms with Gasteiger partial charge in [0.15, 0.2) is 6.10 Å². The molecule has 1 aliphatic heterocycles. The van der Waals surface area contributed by atoms with Crippen molar-refractivity contribution in [3.63, 3.8) is 0 Å². The standard InChI is InChI=1S/C18H18N4O4S2/c1-2-10-19-18(23)15-11-22(13-7-3-4-8-14(13)26-15)28(24,25)16-9-5-6-12-17(16)21-27-20-12/h3-9,15H,2,10-11H2,1H3,(H,19,23)/t15-/m0/s1. The van der Waals surface area contributed by atoms with Crippen LogP contribution < -0.4 is 14.4 Å². The number of nitrogens with zero attached hydrogens (tertiary/aromatic N) is 3. The fourth-order valence-corrected chi connectivity index (χ4v) is 5.27. The number of hydrogen-bond acceptors (Lipinski definition) is 7. The molecular weight excluding hydrogens is 400 g/mol. The summed E-state index contributed by atoms with van der Waals surface area (Å²) < 4.78 is 42.3. The molecule has 146 valence electrons. The third kappa shape index (κ3) is 3.18. The first-order valence-corrected chi connectivity index (χ1v) is 11.0. The Bertz CT molecular complexity index is 1130. The predicted molar refractivity (Wildman–Crippen MR) is 106 cm³/mol. The summed E-state index contributed by atoms with van der Waals surface area (Å²) in [5.41, 5.74) is 1.23. The number of rotatable bonds is 5. The maximum Gasteiger partial charge on any atom is 0.266 e. The topological polar surface area (TPSA) is 101 Å². The van der Waals surface area contributed by atoms with E-state index in [1.165, 1.54) is 10.4 Å². The van der Waals surface area contributed by atoms with Crippen molar-refractivity contribution in [2.24, 2.45) is 0 Å². The molecule has 1 aromatic heterocycles. The van der Waals surface area contributed by atoms with Gasteiger partial charge in [-0.25, -0.2) is 8.42 Å². The Morgan fingerprint density at radius 2 is 2.07 bits per heavy atom. The number of sulfonamides is 1. The van der Waals surface area contributed by atoms with E-state index < -0.39 is 16.1 Å². The van der Waals surface area contributed by atoms with Crippen molar-refractivity contribution in [3.8, 4) is 5.75 Å². The molecule has 0 unspecified atom stereocenters. The normalized spacial score (nSPS) is 16.5. The number of aromatic nitrogens is 2. The molecule has 0 fully saturated rings. The van der Waals surface area contributed by atoms with E-state index in [9.17, 15) is 13.2 Å². The summed E-state index contributed by atoms with van der Waals surface area (Å²) in [6.45, 7) is 2.32. The third-order valence-electron chi connectivity index (χ3n) is 4.39. The van der Waals surface area contributed by atoms with Gasteiger partial charge in [0.2, 0.25) is 0 Å². The number of amides is 1. The lowest BCUT2D eigenvalue weighted by atomic mass is 10.2. The van der Waals surface area contributed by atoms with E-state index in [1.807, 2.05) is 6.92 Å². The maximum absolute atomic E-state index is 13.5. The Balaban J connectivity index is 1.78. The zero-order valence-electron chi connectivity index (χ0n) is 15.0. The monoisotopic (exact) mass is 418 g/mol. The molecule has 10 heteroatoms. The Morgan fingerprint density at radius 3 is 2.89 bits per heavy atom. The number of para-hydroxylation sites is 2. The van der Waals surface area contributed by atoms with Gasteiger partial charge in [-0.1, -0.05) is 25.1 Å². The molecule has 3 aromatic rings. The molecule has 28 heavy (non-hydrogen) atoms. The number of carbonyl (C=O) groups is 1. The number of hydrogen-bond donors (Lipinski definition) is 1. The lowest BCUT2D eigenvalue weighted by Crippen LogP contribution is -2.50. The van der Waals surface area contributed by atoms with Gasteiger partial charge in [-0.15, -0.1) is 0 Å². The molecule has 0 aliphatic carbocycles. The summed E-state index contributed by atoms with van der Waals surface area (Å²) >= 11 is 0.958. The van der Waals surface area contributed by atoms with E-state index in [0.29, 0.717) is 29.0 Å². The van der Waals surface area contributed by atoms with Crippen molar-refractivity contribution in [2.45, 2.75) is 24.3 Å². The highest BCUT2D eigenvalue weighted by Crippen LogP contribution is 2.37. The number of fused-ring (bicyclic) bond motifs is 2. The second kappa shape index (κ2) is 7.36. The van der Waals surface area contributed by atoms with Crippen LogP contribution in [0, 0.1) is 0 Å². The molecule has 1 N–H and O–H groups in total. The summed E-state index contributed by atoms with van der Waals surface area (Å²) in [7, 11) is -3.98. The number of anilines is 1. The highest BCUT2D eigenvalue weighted by molar-refractivity contribution is 7.93. The van der Waals surface area contributed by atoms with Crippen LogP contribution in [-0.4, -0.2) is 42.3 Å². The van der Waals surface area contributed by atoms with Gasteiger partial charge in [0, 0.05) is 6.54 Å². The predicted octanol–water partition coefficient (Wildman–Crippen LogP) is 2.17. The van der Waals surface area contributed by atoms with Crippen molar-refractivity contribution in [1.29, 1.82) is 0 Å². The first-order chi connectivity index (χ1) is 13.5. The van der Waals surface area contributed by atoms with Crippen LogP contribution in [-0.2, 0) is 14.8 Å². The molecule has 0 radical (unpaired) electrons. The zero-order chi connectivity index (χ0) is 19.7. The number of carbonyl (C=O) groups excluding carboxylic acids is 1. The first kappa shape index (κ1) is 18.6. The molecule has 2 heterocycles. The zero-order valence-corrected chi connectivity index (χ0v) is 16.7. The van der Waals surface area contributed by atoms with Gasteiger partial charge in [-0.3, -0.25) is 9.10 Å². The van der Waals surface area contributed by atoms with Crippen molar-refractivity contribution < 1.29 is 17.9 Å². The largest absolute Gasteiger partial charge is 0.476 e. The second-order valence-electron chi connectivity index (χ2n) is 6.29.